The van der Waals surface area contributed by atoms with E-state index in [1.165, 1.54) is 0 Å². The van der Waals surface area contributed by atoms with Gasteiger partial charge in [0, 0.05) is 34.2 Å². The second-order valence-corrected chi connectivity index (χ2v) is 11.1. The molecule has 1 saturated heterocycles. The number of ketones is 1. The highest BCUT2D eigenvalue weighted by Crippen LogP contribution is 2.35. The van der Waals surface area contributed by atoms with Crippen LogP contribution in [-0.4, -0.2) is 37.3 Å². The van der Waals surface area contributed by atoms with E-state index in [0.29, 0.717) is 18.9 Å². The zero-order valence-electron chi connectivity index (χ0n) is 20.7. The molecule has 0 atom stereocenters. The van der Waals surface area contributed by atoms with E-state index in [1.54, 1.807) is 0 Å². The Labute approximate surface area is 201 Å². The number of aryl methyl sites for hydroxylation is 1. The smallest absolute Gasteiger partial charge is 0.163 e. The lowest BCUT2D eigenvalue weighted by Crippen LogP contribution is -2.57. The van der Waals surface area contributed by atoms with Gasteiger partial charge in [0.2, 0.25) is 0 Å². The van der Waals surface area contributed by atoms with Crippen LogP contribution in [0.15, 0.2) is 53.5 Å². The Kier molecular flexibility index (Phi) is 5.52. The molecular formula is C28H33N5O. The summed E-state index contributed by atoms with van der Waals surface area (Å²) < 4.78 is 2.08. The van der Waals surface area contributed by atoms with Gasteiger partial charge in [-0.1, -0.05) is 42.5 Å². The van der Waals surface area contributed by atoms with Crippen molar-refractivity contribution < 1.29 is 4.79 Å². The third kappa shape index (κ3) is 4.34. The molecule has 6 heteroatoms. The highest BCUT2D eigenvalue weighted by molar-refractivity contribution is 6.15. The average Bonchev–Trinajstić information content (AvgIpc) is 3.03. The Hall–Kier alpha value is -3.12. The van der Waals surface area contributed by atoms with Gasteiger partial charge in [-0.25, -0.2) is 0 Å². The van der Waals surface area contributed by atoms with E-state index in [1.807, 2.05) is 43.3 Å². The lowest BCUT2D eigenvalue weighted by molar-refractivity contribution is 0.0864. The van der Waals surface area contributed by atoms with Crippen molar-refractivity contribution in [3.05, 3.63) is 76.9 Å². The number of aliphatic imine (C=N–C) groups is 1. The molecule has 6 nitrogen and oxygen atoms in total. The maximum Gasteiger partial charge on any atom is 0.163 e. The number of carbonyl (C=O) groups excluding carboxylic acids is 1. The highest BCUT2D eigenvalue weighted by Gasteiger charge is 2.38. The summed E-state index contributed by atoms with van der Waals surface area (Å²) in [5, 5.41) is 12.3. The van der Waals surface area contributed by atoms with Crippen LogP contribution in [0.25, 0.3) is 5.69 Å². The Morgan fingerprint density at radius 3 is 2.38 bits per heavy atom. The van der Waals surface area contributed by atoms with Crippen molar-refractivity contribution in [3.8, 4) is 5.69 Å². The van der Waals surface area contributed by atoms with Gasteiger partial charge in [0.25, 0.3) is 0 Å². The molecule has 2 aromatic carbocycles. The van der Waals surface area contributed by atoms with E-state index in [4.69, 9.17) is 4.99 Å². The number of hydrogen-bond donors (Lipinski definition) is 1. The number of carbonyl (C=O) groups is 1. The van der Waals surface area contributed by atoms with Crippen molar-refractivity contribution in [2.75, 3.05) is 0 Å². The van der Waals surface area contributed by atoms with Gasteiger partial charge in [-0.15, -0.1) is 10.2 Å². The van der Waals surface area contributed by atoms with Gasteiger partial charge in [-0.2, -0.15) is 0 Å². The minimum atomic E-state index is 0.0449. The Morgan fingerprint density at radius 1 is 1.00 bits per heavy atom. The van der Waals surface area contributed by atoms with Crippen molar-refractivity contribution in [2.45, 2.75) is 71.5 Å². The molecule has 176 valence electrons. The van der Waals surface area contributed by atoms with E-state index >= 15 is 0 Å². The fraction of sp³-hybridized carbons (Fsp3) is 0.429. The number of rotatable bonds is 4. The topological polar surface area (TPSA) is 72.2 Å². The summed E-state index contributed by atoms with van der Waals surface area (Å²) in [5.74, 6) is 2.29. The maximum atomic E-state index is 13.2. The Bertz CT molecular complexity index is 1250. The number of fused-ring (bicyclic) bond motifs is 3. The summed E-state index contributed by atoms with van der Waals surface area (Å²) in [6.07, 6.45) is 2.61. The lowest BCUT2D eigenvalue weighted by Gasteiger charge is -2.46. The summed E-state index contributed by atoms with van der Waals surface area (Å²) in [4.78, 5) is 18.0. The van der Waals surface area contributed by atoms with Crippen LogP contribution in [-0.2, 0) is 6.54 Å². The van der Waals surface area contributed by atoms with Gasteiger partial charge in [0.05, 0.1) is 11.4 Å². The molecule has 1 N–H and O–H groups in total. The van der Waals surface area contributed by atoms with Crippen LogP contribution in [0.3, 0.4) is 0 Å². The molecule has 0 amide bonds. The molecule has 2 aliphatic rings. The fourth-order valence-corrected chi connectivity index (χ4v) is 6.04. The molecule has 34 heavy (non-hydrogen) atoms. The summed E-state index contributed by atoms with van der Waals surface area (Å²) in [5.41, 5.74) is 4.86. The van der Waals surface area contributed by atoms with Gasteiger partial charge >= 0.3 is 0 Å². The van der Waals surface area contributed by atoms with Crippen LogP contribution in [0, 0.1) is 12.8 Å². The van der Waals surface area contributed by atoms with Gasteiger partial charge < -0.3 is 5.32 Å². The zero-order chi connectivity index (χ0) is 24.1. The van der Waals surface area contributed by atoms with Gasteiger partial charge in [-0.05, 0) is 59.4 Å². The predicted molar refractivity (Wildman–Crippen MR) is 135 cm³/mol. The molecule has 5 rings (SSSR count). The first-order chi connectivity index (χ1) is 16.1. The fourth-order valence-electron chi connectivity index (χ4n) is 6.04. The quantitative estimate of drug-likeness (QED) is 0.559. The second kappa shape index (κ2) is 8.27. The van der Waals surface area contributed by atoms with Gasteiger partial charge in [0.1, 0.15) is 12.4 Å². The lowest BCUT2D eigenvalue weighted by atomic mass is 9.74. The second-order valence-electron chi connectivity index (χ2n) is 11.1. The third-order valence-electron chi connectivity index (χ3n) is 6.90. The summed E-state index contributed by atoms with van der Waals surface area (Å²) in [7, 11) is 0. The number of hydrogen-bond acceptors (Lipinski definition) is 5. The monoisotopic (exact) mass is 455 g/mol. The molecule has 2 aliphatic heterocycles. The van der Waals surface area contributed by atoms with Crippen LogP contribution in [0.5, 0.6) is 0 Å². The van der Waals surface area contributed by atoms with Crippen molar-refractivity contribution in [2.24, 2.45) is 10.9 Å². The van der Waals surface area contributed by atoms with E-state index in [0.717, 1.165) is 52.6 Å². The maximum absolute atomic E-state index is 13.2. The molecular weight excluding hydrogens is 422 g/mol. The number of para-hydroxylation sites is 1. The number of Topliss-reactive ketones (excluding diaryl/α,β-unsaturated/α-hetero) is 1. The van der Waals surface area contributed by atoms with Crippen molar-refractivity contribution in [1.29, 1.82) is 0 Å². The number of piperidine rings is 1. The molecule has 0 unspecified atom stereocenters. The van der Waals surface area contributed by atoms with Gasteiger partial charge in [-0.3, -0.25) is 14.4 Å². The SMILES string of the molecule is Cc1nnc2n1-c1ccccc1C(c1ccc(C(=O)CC3CC(C)(C)NC(C)(C)C3)cc1)=NC2. The summed E-state index contributed by atoms with van der Waals surface area (Å²) in [6.45, 7) is 11.4. The number of benzene rings is 2. The zero-order valence-corrected chi connectivity index (χ0v) is 20.7. The molecule has 0 bridgehead atoms. The van der Waals surface area contributed by atoms with E-state index in [2.05, 4.69) is 59.9 Å². The first-order valence-electron chi connectivity index (χ1n) is 12.1. The van der Waals surface area contributed by atoms with E-state index < -0.39 is 0 Å². The van der Waals surface area contributed by atoms with Crippen molar-refractivity contribution in [1.82, 2.24) is 20.1 Å². The van der Waals surface area contributed by atoms with Gasteiger partial charge in [0.15, 0.2) is 11.6 Å². The van der Waals surface area contributed by atoms with Crippen molar-refractivity contribution in [3.63, 3.8) is 0 Å². The number of aromatic nitrogens is 3. The Balaban J connectivity index is 1.39. The van der Waals surface area contributed by atoms with E-state index in [-0.39, 0.29) is 16.9 Å². The normalized spacial score (nSPS) is 19.0. The molecule has 1 aromatic heterocycles. The summed E-state index contributed by atoms with van der Waals surface area (Å²) >= 11 is 0. The van der Waals surface area contributed by atoms with Crippen LogP contribution in [0.2, 0.25) is 0 Å². The van der Waals surface area contributed by atoms with Crippen LogP contribution < -0.4 is 5.32 Å². The number of nitrogens with zero attached hydrogens (tertiary/aromatic N) is 4. The van der Waals surface area contributed by atoms with Crippen LogP contribution >= 0.6 is 0 Å². The molecule has 0 saturated carbocycles. The molecule has 3 heterocycles. The minimum Gasteiger partial charge on any atom is -0.307 e. The van der Waals surface area contributed by atoms with Crippen LogP contribution in [0.4, 0.5) is 0 Å². The third-order valence-corrected chi connectivity index (χ3v) is 6.90. The minimum absolute atomic E-state index is 0.0449. The number of nitrogens with one attached hydrogen (secondary N) is 1. The Morgan fingerprint density at radius 2 is 1.68 bits per heavy atom. The first kappa shape index (κ1) is 22.7. The van der Waals surface area contributed by atoms with Crippen LogP contribution in [0.1, 0.15) is 80.1 Å². The molecule has 0 spiro atoms. The molecule has 0 radical (unpaired) electrons. The van der Waals surface area contributed by atoms with Crippen molar-refractivity contribution >= 4 is 11.5 Å². The predicted octanol–water partition coefficient (Wildman–Crippen LogP) is 5.06. The standard InChI is InChI=1S/C28H33N5O/c1-18-30-31-25-17-29-26(22-8-6-7-9-23(22)33(18)25)21-12-10-20(11-13-21)24(34)14-19-15-27(2,3)32-28(4,5)16-19/h6-13,19,32H,14-17H2,1-5H3. The average molecular weight is 456 g/mol. The first-order valence-corrected chi connectivity index (χ1v) is 12.1. The van der Waals surface area contributed by atoms with E-state index in [9.17, 15) is 4.79 Å². The molecule has 0 aliphatic carbocycles. The molecule has 3 aromatic rings. The highest BCUT2D eigenvalue weighted by atomic mass is 16.1. The summed E-state index contributed by atoms with van der Waals surface area (Å²) in [6, 6.07) is 16.2. The largest absolute Gasteiger partial charge is 0.307 e. The molecule has 1 fully saturated rings.